The second kappa shape index (κ2) is 9.40. The fourth-order valence-electron chi connectivity index (χ4n) is 2.55. The van der Waals surface area contributed by atoms with Crippen LogP contribution in [0.15, 0.2) is 58.7 Å². The van der Waals surface area contributed by atoms with Crippen LogP contribution in [0.4, 0.5) is 5.69 Å². The summed E-state index contributed by atoms with van der Waals surface area (Å²) in [6, 6.07) is 16.0. The highest BCUT2D eigenvalue weighted by Crippen LogP contribution is 2.25. The van der Waals surface area contributed by atoms with Gasteiger partial charge in [-0.2, -0.15) is 5.10 Å². The summed E-state index contributed by atoms with van der Waals surface area (Å²) >= 11 is 1.63. The van der Waals surface area contributed by atoms with Crippen molar-refractivity contribution < 1.29 is 4.74 Å². The molecule has 2 aromatic rings. The molecule has 0 radical (unpaired) electrons. The standard InChI is InChI=1S/C19H24N6OS/c1-15-3-5-16(6-4-15)11-12-22-23-19(20)25(24-13-21-14-27-24)17-7-9-18(26-2)10-8-17/h3-10,12,21H,11,13-14H2,1-2H3,(H2,20,23)/b22-12+. The summed E-state index contributed by atoms with van der Waals surface area (Å²) in [5.41, 5.74) is 9.56. The predicted octanol–water partition coefficient (Wildman–Crippen LogP) is 2.74. The van der Waals surface area contributed by atoms with E-state index in [2.05, 4.69) is 46.7 Å². The van der Waals surface area contributed by atoms with E-state index in [1.54, 1.807) is 25.3 Å². The van der Waals surface area contributed by atoms with E-state index < -0.39 is 0 Å². The zero-order valence-electron chi connectivity index (χ0n) is 15.5. The maximum atomic E-state index is 6.25. The Morgan fingerprint density at radius 2 is 2.00 bits per heavy atom. The molecule has 1 saturated heterocycles. The average Bonchev–Trinajstić information content (AvgIpc) is 3.21. The van der Waals surface area contributed by atoms with Gasteiger partial charge in [-0.3, -0.25) is 5.32 Å². The molecule has 0 bridgehead atoms. The van der Waals surface area contributed by atoms with E-state index >= 15 is 0 Å². The van der Waals surface area contributed by atoms with E-state index in [1.807, 2.05) is 33.7 Å². The van der Waals surface area contributed by atoms with Crippen molar-refractivity contribution in [2.75, 3.05) is 24.7 Å². The van der Waals surface area contributed by atoms with Gasteiger partial charge in [0.1, 0.15) is 5.75 Å². The van der Waals surface area contributed by atoms with Crippen molar-refractivity contribution in [3.8, 4) is 5.75 Å². The molecule has 0 aromatic heterocycles. The Labute approximate surface area is 164 Å². The molecule has 142 valence electrons. The average molecular weight is 385 g/mol. The summed E-state index contributed by atoms with van der Waals surface area (Å²) in [5.74, 6) is 1.91. The maximum absolute atomic E-state index is 6.25. The minimum absolute atomic E-state index is 0.302. The van der Waals surface area contributed by atoms with E-state index in [-0.39, 0.29) is 0 Å². The van der Waals surface area contributed by atoms with Gasteiger partial charge in [0, 0.05) is 12.6 Å². The monoisotopic (exact) mass is 384 g/mol. The van der Waals surface area contributed by atoms with Gasteiger partial charge in [0.2, 0.25) is 5.96 Å². The molecule has 1 heterocycles. The number of hydrazine groups is 1. The first-order chi connectivity index (χ1) is 13.2. The van der Waals surface area contributed by atoms with Gasteiger partial charge in [0.05, 0.1) is 25.3 Å². The van der Waals surface area contributed by atoms with Gasteiger partial charge >= 0.3 is 0 Å². The molecule has 0 amide bonds. The van der Waals surface area contributed by atoms with Crippen LogP contribution in [-0.2, 0) is 6.42 Å². The molecular formula is C19H24N6OS. The zero-order chi connectivity index (χ0) is 19.1. The molecule has 1 aliphatic rings. The molecule has 0 aliphatic carbocycles. The topological polar surface area (TPSA) is 78.5 Å². The summed E-state index contributed by atoms with van der Waals surface area (Å²) < 4.78 is 7.24. The number of nitrogens with zero attached hydrogens (tertiary/aromatic N) is 4. The maximum Gasteiger partial charge on any atom is 0.236 e. The number of methoxy groups -OCH3 is 1. The highest BCUT2D eigenvalue weighted by molar-refractivity contribution is 7.97. The number of guanidine groups is 1. The van der Waals surface area contributed by atoms with Crippen molar-refractivity contribution in [2.24, 2.45) is 15.9 Å². The summed E-state index contributed by atoms with van der Waals surface area (Å²) in [7, 11) is 1.64. The van der Waals surface area contributed by atoms with Crippen LogP contribution in [0.25, 0.3) is 0 Å². The quantitative estimate of drug-likeness (QED) is 0.345. The van der Waals surface area contributed by atoms with Crippen LogP contribution in [0, 0.1) is 6.92 Å². The SMILES string of the molecule is COc1ccc(N(/C(N)=N/N=C/Cc2ccc(C)cc2)N2CNCS2)cc1. The summed E-state index contributed by atoms with van der Waals surface area (Å²) in [6.45, 7) is 2.74. The van der Waals surface area contributed by atoms with Gasteiger partial charge in [-0.05, 0) is 48.7 Å². The van der Waals surface area contributed by atoms with Gasteiger partial charge < -0.3 is 10.5 Å². The Bertz CT molecular complexity index is 785. The molecule has 8 heteroatoms. The molecule has 3 N–H and O–H groups in total. The van der Waals surface area contributed by atoms with Crippen LogP contribution >= 0.6 is 11.9 Å². The minimum atomic E-state index is 0.302. The Morgan fingerprint density at radius 3 is 2.63 bits per heavy atom. The molecule has 0 spiro atoms. The number of benzene rings is 2. The van der Waals surface area contributed by atoms with Crippen molar-refractivity contribution in [3.05, 3.63) is 59.7 Å². The number of ether oxygens (including phenoxy) is 1. The normalized spacial score (nSPS) is 15.4. The summed E-state index contributed by atoms with van der Waals surface area (Å²) in [4.78, 5) is 0. The van der Waals surface area contributed by atoms with Crippen molar-refractivity contribution in [2.45, 2.75) is 13.3 Å². The van der Waals surface area contributed by atoms with Gasteiger partial charge in [-0.15, -0.1) is 9.52 Å². The molecular weight excluding hydrogens is 360 g/mol. The van der Waals surface area contributed by atoms with Gasteiger partial charge in [-0.25, -0.2) is 5.01 Å². The molecule has 7 nitrogen and oxygen atoms in total. The highest BCUT2D eigenvalue weighted by atomic mass is 32.2. The number of nitrogens with two attached hydrogens (primary N) is 1. The van der Waals surface area contributed by atoms with E-state index in [4.69, 9.17) is 10.5 Å². The van der Waals surface area contributed by atoms with Crippen LogP contribution < -0.4 is 20.8 Å². The number of hydrogen-bond donors (Lipinski definition) is 2. The second-order valence-corrected chi connectivity index (χ2v) is 6.96. The third-order valence-electron chi connectivity index (χ3n) is 4.01. The lowest BCUT2D eigenvalue weighted by Crippen LogP contribution is -2.47. The summed E-state index contributed by atoms with van der Waals surface area (Å²) in [6.07, 6.45) is 2.47. The Kier molecular flexibility index (Phi) is 6.69. The summed E-state index contributed by atoms with van der Waals surface area (Å²) in [5, 5.41) is 13.5. The molecule has 27 heavy (non-hydrogen) atoms. The van der Waals surface area contributed by atoms with E-state index in [0.717, 1.165) is 17.3 Å². The highest BCUT2D eigenvalue weighted by Gasteiger charge is 2.24. The van der Waals surface area contributed by atoms with Gasteiger partial charge in [0.15, 0.2) is 0 Å². The Balaban J connectivity index is 1.72. The van der Waals surface area contributed by atoms with E-state index in [9.17, 15) is 0 Å². The lowest BCUT2D eigenvalue weighted by atomic mass is 10.1. The number of hydrogen-bond acceptors (Lipinski definition) is 6. The lowest BCUT2D eigenvalue weighted by molar-refractivity contribution is 0.414. The van der Waals surface area contributed by atoms with Crippen LogP contribution in [0.1, 0.15) is 11.1 Å². The Hall–Kier alpha value is -2.55. The third kappa shape index (κ3) is 5.22. The molecule has 0 unspecified atom stereocenters. The smallest absolute Gasteiger partial charge is 0.236 e. The van der Waals surface area contributed by atoms with Crippen LogP contribution in [-0.4, -0.2) is 36.2 Å². The fourth-order valence-corrected chi connectivity index (χ4v) is 3.35. The largest absolute Gasteiger partial charge is 0.497 e. The molecule has 3 rings (SSSR count). The number of anilines is 1. The van der Waals surface area contributed by atoms with Gasteiger partial charge in [-0.1, -0.05) is 29.8 Å². The first kappa shape index (κ1) is 19.2. The number of nitrogens with one attached hydrogen (secondary N) is 1. The van der Waals surface area contributed by atoms with Crippen molar-refractivity contribution in [3.63, 3.8) is 0 Å². The third-order valence-corrected chi connectivity index (χ3v) is 4.93. The molecule has 1 aliphatic heterocycles. The van der Waals surface area contributed by atoms with Gasteiger partial charge in [0.25, 0.3) is 0 Å². The minimum Gasteiger partial charge on any atom is -0.497 e. The first-order valence-electron chi connectivity index (χ1n) is 8.63. The van der Waals surface area contributed by atoms with Crippen LogP contribution in [0.2, 0.25) is 0 Å². The van der Waals surface area contributed by atoms with Crippen LogP contribution in [0.3, 0.4) is 0 Å². The second-order valence-electron chi connectivity index (χ2n) is 5.99. The lowest BCUT2D eigenvalue weighted by Gasteiger charge is -2.30. The van der Waals surface area contributed by atoms with Crippen molar-refractivity contribution >= 4 is 29.8 Å². The van der Waals surface area contributed by atoms with E-state index in [1.165, 1.54) is 11.1 Å². The van der Waals surface area contributed by atoms with E-state index in [0.29, 0.717) is 19.0 Å². The number of aryl methyl sites for hydroxylation is 1. The number of rotatable bonds is 6. The zero-order valence-corrected chi connectivity index (χ0v) is 16.3. The van der Waals surface area contributed by atoms with Crippen molar-refractivity contribution in [1.29, 1.82) is 0 Å². The van der Waals surface area contributed by atoms with Crippen molar-refractivity contribution in [1.82, 2.24) is 9.73 Å². The molecule has 2 aromatic carbocycles. The molecule has 1 fully saturated rings. The molecule has 0 atom stereocenters. The predicted molar refractivity (Wildman–Crippen MR) is 113 cm³/mol. The Morgan fingerprint density at radius 1 is 1.26 bits per heavy atom. The van der Waals surface area contributed by atoms with Crippen LogP contribution in [0.5, 0.6) is 5.75 Å². The fraction of sp³-hybridized carbons (Fsp3) is 0.263. The first-order valence-corrected chi connectivity index (χ1v) is 9.57. The molecule has 0 saturated carbocycles.